The molecule has 2 aromatic rings. The van der Waals surface area contributed by atoms with Crippen LogP contribution in [0, 0.1) is 11.8 Å². The van der Waals surface area contributed by atoms with Crippen molar-refractivity contribution in [3.63, 3.8) is 0 Å². The van der Waals surface area contributed by atoms with Crippen LogP contribution in [0.4, 0.5) is 0 Å². The fraction of sp³-hybridized carbons (Fsp3) is 0.556. The zero-order chi connectivity index (χ0) is 34.2. The smallest absolute Gasteiger partial charge is 0.331 e. The highest BCUT2D eigenvalue weighted by molar-refractivity contribution is 7.89. The van der Waals surface area contributed by atoms with E-state index < -0.39 is 44.1 Å². The number of benzene rings is 2. The Hall–Kier alpha value is -3.06. The second kappa shape index (κ2) is 19.2. The molecule has 0 amide bonds. The van der Waals surface area contributed by atoms with Crippen LogP contribution in [0.2, 0.25) is 0 Å². The van der Waals surface area contributed by atoms with Crippen molar-refractivity contribution in [1.82, 2.24) is 9.44 Å². The molecule has 0 aliphatic heterocycles. The molecule has 0 unspecified atom stereocenters. The average Bonchev–Trinajstić information content (AvgIpc) is 3.06. The van der Waals surface area contributed by atoms with Crippen LogP contribution in [0.1, 0.15) is 75.3 Å². The lowest BCUT2D eigenvalue weighted by Gasteiger charge is -2.24. The second-order valence-corrected chi connectivity index (χ2v) is 16.8. The van der Waals surface area contributed by atoms with Crippen LogP contribution in [-0.4, -0.2) is 65.6 Å². The number of carbonyl (C=O) groups is 2. The van der Waals surface area contributed by atoms with Gasteiger partial charge in [0, 0.05) is 12.2 Å². The van der Waals surface area contributed by atoms with Crippen LogP contribution in [0.5, 0.6) is 0 Å². The molecule has 0 spiro atoms. The molecule has 0 bridgehead atoms. The highest BCUT2D eigenvalue weighted by atomic mass is 32.2. The van der Waals surface area contributed by atoms with E-state index in [9.17, 15) is 26.4 Å². The summed E-state index contributed by atoms with van der Waals surface area (Å²) < 4.78 is 68.2. The molecule has 2 fully saturated rings. The molecule has 0 saturated heterocycles. The SMILES string of the molecule is O=C(/C=C/C(=O)OC[C@H](Cc1ccccc1)NS(=O)(=O)CC1CCCCC1)OC[C@H](Cc1ccccc1)NS(=O)(=O)CC1CCCCC1. The minimum Gasteiger partial charge on any atom is -0.461 e. The minimum atomic E-state index is -3.62. The van der Waals surface area contributed by atoms with Crippen LogP contribution in [0.15, 0.2) is 72.8 Å². The first kappa shape index (κ1) is 37.8. The highest BCUT2D eigenvalue weighted by Gasteiger charge is 2.26. The van der Waals surface area contributed by atoms with Gasteiger partial charge in [0.1, 0.15) is 13.2 Å². The predicted octanol–water partition coefficient (Wildman–Crippen LogP) is 4.85. The van der Waals surface area contributed by atoms with Crippen LogP contribution in [0.3, 0.4) is 0 Å². The molecule has 10 nitrogen and oxygen atoms in total. The number of carbonyl (C=O) groups excluding carboxylic acids is 2. The summed E-state index contributed by atoms with van der Waals surface area (Å²) >= 11 is 0. The standard InChI is InChI=1S/C36H50N2O8S2/c39-35(45-25-33(23-29-13-5-1-6-14-29)37-47(41,42)27-31-17-9-3-10-18-31)21-22-36(40)46-26-34(24-30-15-7-2-8-16-30)38-48(43,44)28-32-19-11-4-12-20-32/h1-2,5-8,13-16,21-22,31-34,37-38H,3-4,9-12,17-20,23-28H2/b22-21+/t33-,34-/m0/s1. The van der Waals surface area contributed by atoms with Gasteiger partial charge in [-0.15, -0.1) is 0 Å². The zero-order valence-corrected chi connectivity index (χ0v) is 29.3. The first-order valence-corrected chi connectivity index (χ1v) is 20.4. The summed E-state index contributed by atoms with van der Waals surface area (Å²) in [6, 6.07) is 17.3. The fourth-order valence-electron chi connectivity index (χ4n) is 6.60. The summed E-state index contributed by atoms with van der Waals surface area (Å²) in [6.45, 7) is -0.447. The van der Waals surface area contributed by atoms with Gasteiger partial charge in [0.05, 0.1) is 23.6 Å². The van der Waals surface area contributed by atoms with Gasteiger partial charge in [-0.25, -0.2) is 35.9 Å². The molecule has 2 N–H and O–H groups in total. The van der Waals surface area contributed by atoms with Crippen LogP contribution in [0.25, 0.3) is 0 Å². The quantitative estimate of drug-likeness (QED) is 0.166. The largest absolute Gasteiger partial charge is 0.461 e. The van der Waals surface area contributed by atoms with Gasteiger partial charge >= 0.3 is 11.9 Å². The fourth-order valence-corrected chi connectivity index (χ4v) is 10.0. The lowest BCUT2D eigenvalue weighted by atomic mass is 9.91. The van der Waals surface area contributed by atoms with Crippen molar-refractivity contribution >= 4 is 32.0 Å². The van der Waals surface area contributed by atoms with Crippen molar-refractivity contribution in [1.29, 1.82) is 0 Å². The summed E-state index contributed by atoms with van der Waals surface area (Å²) in [6.07, 6.45) is 12.4. The lowest BCUT2D eigenvalue weighted by molar-refractivity contribution is -0.141. The maximum atomic E-state index is 13.0. The van der Waals surface area contributed by atoms with Gasteiger partial charge in [-0.05, 0) is 61.5 Å². The molecule has 264 valence electrons. The molecule has 2 saturated carbocycles. The summed E-state index contributed by atoms with van der Waals surface area (Å²) in [4.78, 5) is 25.1. The van der Waals surface area contributed by atoms with E-state index in [2.05, 4.69) is 9.44 Å². The number of nitrogens with one attached hydrogen (secondary N) is 2. The number of hydrogen-bond acceptors (Lipinski definition) is 8. The van der Waals surface area contributed by atoms with E-state index >= 15 is 0 Å². The molecule has 2 atom stereocenters. The Morgan fingerprint density at radius 3 is 1.31 bits per heavy atom. The number of esters is 2. The molecule has 2 aliphatic carbocycles. The Bertz CT molecular complexity index is 1400. The highest BCUT2D eigenvalue weighted by Crippen LogP contribution is 2.26. The number of sulfonamides is 2. The van der Waals surface area contributed by atoms with Crippen LogP contribution < -0.4 is 9.44 Å². The Kier molecular flexibility index (Phi) is 15.1. The maximum absolute atomic E-state index is 13.0. The summed E-state index contributed by atoms with van der Waals surface area (Å²) in [5.74, 6) is -1.34. The maximum Gasteiger partial charge on any atom is 0.331 e. The van der Waals surface area contributed by atoms with Gasteiger partial charge in [-0.2, -0.15) is 0 Å². The monoisotopic (exact) mass is 702 g/mol. The van der Waals surface area contributed by atoms with Crippen molar-refractivity contribution in [2.24, 2.45) is 11.8 Å². The normalized spacial score (nSPS) is 17.9. The molecular formula is C36H50N2O8S2. The second-order valence-electron chi connectivity index (χ2n) is 13.2. The van der Waals surface area contributed by atoms with Crippen molar-refractivity contribution < 1.29 is 35.9 Å². The number of hydrogen-bond donors (Lipinski definition) is 2. The van der Waals surface area contributed by atoms with Gasteiger partial charge in [-0.3, -0.25) is 0 Å². The average molecular weight is 703 g/mol. The lowest BCUT2D eigenvalue weighted by Crippen LogP contribution is -2.42. The first-order valence-electron chi connectivity index (χ1n) is 17.1. The molecule has 48 heavy (non-hydrogen) atoms. The molecule has 4 rings (SSSR count). The van der Waals surface area contributed by atoms with E-state index in [0.29, 0.717) is 12.8 Å². The first-order chi connectivity index (χ1) is 23.1. The van der Waals surface area contributed by atoms with Crippen molar-refractivity contribution in [2.45, 2.75) is 89.1 Å². The molecular weight excluding hydrogens is 653 g/mol. The van der Waals surface area contributed by atoms with Gasteiger partial charge in [0.15, 0.2) is 0 Å². The third-order valence-electron chi connectivity index (χ3n) is 8.91. The van der Waals surface area contributed by atoms with E-state index in [-0.39, 0.29) is 36.6 Å². The molecule has 0 aromatic heterocycles. The van der Waals surface area contributed by atoms with Crippen molar-refractivity contribution in [3.05, 3.63) is 83.9 Å². The number of ether oxygens (including phenoxy) is 2. The van der Waals surface area contributed by atoms with Gasteiger partial charge < -0.3 is 9.47 Å². The molecule has 12 heteroatoms. The van der Waals surface area contributed by atoms with E-state index in [1.165, 1.54) is 0 Å². The Labute approximate surface area is 286 Å². The summed E-state index contributed by atoms with van der Waals surface area (Å²) in [5.41, 5.74) is 1.77. The Balaban J connectivity index is 1.30. The van der Waals surface area contributed by atoms with E-state index in [0.717, 1.165) is 87.5 Å². The van der Waals surface area contributed by atoms with E-state index in [4.69, 9.17) is 9.47 Å². The van der Waals surface area contributed by atoms with Crippen molar-refractivity contribution in [3.8, 4) is 0 Å². The van der Waals surface area contributed by atoms with Crippen LogP contribution >= 0.6 is 0 Å². The minimum absolute atomic E-state index is 0.0417. The number of rotatable bonds is 18. The van der Waals surface area contributed by atoms with Gasteiger partial charge in [-0.1, -0.05) is 99.2 Å². The third-order valence-corrected chi connectivity index (χ3v) is 12.1. The topological polar surface area (TPSA) is 145 Å². The van der Waals surface area contributed by atoms with Crippen LogP contribution in [-0.2, 0) is 52.0 Å². The van der Waals surface area contributed by atoms with Gasteiger partial charge in [0.25, 0.3) is 0 Å². The molecule has 0 heterocycles. The molecule has 2 aromatic carbocycles. The molecule has 0 radical (unpaired) electrons. The summed E-state index contributed by atoms with van der Waals surface area (Å²) in [7, 11) is -7.23. The third kappa shape index (κ3) is 14.6. The van der Waals surface area contributed by atoms with Gasteiger partial charge in [0.2, 0.25) is 20.0 Å². The van der Waals surface area contributed by atoms with Crippen molar-refractivity contribution in [2.75, 3.05) is 24.7 Å². The zero-order valence-electron chi connectivity index (χ0n) is 27.6. The Morgan fingerprint density at radius 1 is 0.604 bits per heavy atom. The molecule has 2 aliphatic rings. The van der Waals surface area contributed by atoms with E-state index in [1.54, 1.807) is 0 Å². The van der Waals surface area contributed by atoms with E-state index in [1.807, 2.05) is 60.7 Å². The predicted molar refractivity (Wildman–Crippen MR) is 186 cm³/mol. The summed E-state index contributed by atoms with van der Waals surface area (Å²) in [5, 5.41) is 0. The Morgan fingerprint density at radius 2 is 0.958 bits per heavy atom.